The van der Waals surface area contributed by atoms with Crippen molar-refractivity contribution in [1.82, 2.24) is 5.32 Å². The molecule has 3 saturated heterocycles. The molecule has 0 aromatic carbocycles. The van der Waals surface area contributed by atoms with Crippen molar-refractivity contribution in [2.45, 2.75) is 446 Å². The van der Waals surface area contributed by atoms with Crippen LogP contribution in [0, 0.1) is 0 Å². The SMILES string of the molecule is CC/C=C\C/C=C\C/C=C\C/C=C\CCCCCCCCCCCCCCCCCCCCCCC(=O)NC(COC1OC(CO)C(OC2OC(CO)C(OC3OC(CO)C(O)C(O)C3O)C(O)C2O)C(O)C1O)C(O)CCCCCCCCCCCCCCCCCCCCCCCCCC. The maximum atomic E-state index is 13.5. The van der Waals surface area contributed by atoms with Gasteiger partial charge in [-0.25, -0.2) is 0 Å². The molecule has 0 aromatic heterocycles. The maximum Gasteiger partial charge on any atom is 0.220 e. The van der Waals surface area contributed by atoms with Gasteiger partial charge in [0.25, 0.3) is 0 Å². The first-order chi connectivity index (χ1) is 49.8. The Morgan fingerprint density at radius 1 is 0.363 bits per heavy atom. The number of amides is 1. The Kier molecular flexibility index (Phi) is 58.6. The van der Waals surface area contributed by atoms with Crippen LogP contribution in [0.25, 0.3) is 0 Å². The molecule has 17 atom stereocenters. The predicted octanol–water partition coefficient (Wildman–Crippen LogP) is 14.5. The Balaban J connectivity index is 1.34. The van der Waals surface area contributed by atoms with Gasteiger partial charge in [0.15, 0.2) is 18.9 Å². The number of hydrogen-bond acceptors (Lipinski definition) is 18. The van der Waals surface area contributed by atoms with Gasteiger partial charge in [0.1, 0.15) is 73.2 Å². The van der Waals surface area contributed by atoms with Crippen LogP contribution in [0.4, 0.5) is 0 Å². The molecule has 3 rings (SSSR count). The lowest BCUT2D eigenvalue weighted by Crippen LogP contribution is -2.66. The minimum atomic E-state index is -1.97. The van der Waals surface area contributed by atoms with Crippen molar-refractivity contribution >= 4 is 5.91 Å². The molecule has 0 aromatic rings. The van der Waals surface area contributed by atoms with Gasteiger partial charge in [0, 0.05) is 6.42 Å². The molecule has 19 nitrogen and oxygen atoms in total. The maximum absolute atomic E-state index is 13.5. The fourth-order valence-corrected chi connectivity index (χ4v) is 14.3. The van der Waals surface area contributed by atoms with Gasteiger partial charge in [-0.1, -0.05) is 332 Å². The number of carbonyl (C=O) groups excluding carboxylic acids is 1. The Labute approximate surface area is 618 Å². The topological polar surface area (TPSA) is 307 Å². The number of carbonyl (C=O) groups is 1. The van der Waals surface area contributed by atoms with Crippen molar-refractivity contribution in [3.63, 3.8) is 0 Å². The normalized spacial score (nSPS) is 26.4. The third kappa shape index (κ3) is 43.1. The Morgan fingerprint density at radius 3 is 1.06 bits per heavy atom. The van der Waals surface area contributed by atoms with Gasteiger partial charge in [-0.3, -0.25) is 4.79 Å². The lowest BCUT2D eigenvalue weighted by atomic mass is 9.96. The molecular weight excluding hydrogens is 1300 g/mol. The molecule has 3 fully saturated rings. The van der Waals surface area contributed by atoms with Gasteiger partial charge < -0.3 is 89.9 Å². The highest BCUT2D eigenvalue weighted by molar-refractivity contribution is 5.76. The van der Waals surface area contributed by atoms with Crippen molar-refractivity contribution in [2.24, 2.45) is 0 Å². The molecule has 12 N–H and O–H groups in total. The van der Waals surface area contributed by atoms with Crippen molar-refractivity contribution < 1.29 is 89.4 Å². The number of nitrogens with one attached hydrogen (secondary N) is 1. The lowest BCUT2D eigenvalue weighted by molar-refractivity contribution is -0.379. The van der Waals surface area contributed by atoms with Crippen LogP contribution in [0.5, 0.6) is 0 Å². The molecule has 1 amide bonds. The molecule has 0 aliphatic carbocycles. The van der Waals surface area contributed by atoms with E-state index in [0.717, 1.165) is 70.6 Å². The van der Waals surface area contributed by atoms with Crippen LogP contribution in [0.1, 0.15) is 341 Å². The molecule has 102 heavy (non-hydrogen) atoms. The quantitative estimate of drug-likeness (QED) is 0.0199. The second kappa shape index (κ2) is 63.7. The summed E-state index contributed by atoms with van der Waals surface area (Å²) in [5.41, 5.74) is 0. The second-order valence-electron chi connectivity index (χ2n) is 29.9. The number of allylic oxidation sites excluding steroid dienone is 8. The first-order valence-corrected chi connectivity index (χ1v) is 41.9. The van der Waals surface area contributed by atoms with Gasteiger partial charge in [-0.15, -0.1) is 0 Å². The third-order valence-corrected chi connectivity index (χ3v) is 20.9. The molecule has 3 heterocycles. The fourth-order valence-electron chi connectivity index (χ4n) is 14.3. The number of aliphatic hydroxyl groups is 11. The minimum Gasteiger partial charge on any atom is -0.394 e. The summed E-state index contributed by atoms with van der Waals surface area (Å²) >= 11 is 0. The monoisotopic (exact) mass is 1450 g/mol. The number of ether oxygens (including phenoxy) is 6. The van der Waals surface area contributed by atoms with E-state index in [1.165, 1.54) is 238 Å². The number of unbranched alkanes of at least 4 members (excludes halogenated alkanes) is 43. The minimum absolute atomic E-state index is 0.236. The highest BCUT2D eigenvalue weighted by Crippen LogP contribution is 2.33. The van der Waals surface area contributed by atoms with E-state index in [2.05, 4.69) is 67.8 Å². The van der Waals surface area contributed by atoms with Crippen molar-refractivity contribution in [3.05, 3.63) is 48.6 Å². The van der Waals surface area contributed by atoms with Gasteiger partial charge in [0.05, 0.1) is 38.6 Å². The van der Waals surface area contributed by atoms with Crippen molar-refractivity contribution in [3.8, 4) is 0 Å². The molecule has 3 aliphatic heterocycles. The predicted molar refractivity (Wildman–Crippen MR) is 406 cm³/mol. The van der Waals surface area contributed by atoms with Crippen molar-refractivity contribution in [2.75, 3.05) is 26.4 Å². The summed E-state index contributed by atoms with van der Waals surface area (Å²) in [5.74, 6) is -0.236. The third-order valence-electron chi connectivity index (χ3n) is 20.9. The van der Waals surface area contributed by atoms with E-state index in [0.29, 0.717) is 12.8 Å². The molecule has 17 unspecified atom stereocenters. The van der Waals surface area contributed by atoms with Crippen LogP contribution in [0.15, 0.2) is 48.6 Å². The van der Waals surface area contributed by atoms with Crippen LogP contribution in [0.3, 0.4) is 0 Å². The highest BCUT2D eigenvalue weighted by Gasteiger charge is 2.54. The van der Waals surface area contributed by atoms with Crippen LogP contribution < -0.4 is 5.32 Å². The van der Waals surface area contributed by atoms with Crippen molar-refractivity contribution in [1.29, 1.82) is 0 Å². The summed E-state index contributed by atoms with van der Waals surface area (Å²) in [6.07, 6.45) is 53.4. The molecule has 3 aliphatic rings. The van der Waals surface area contributed by atoms with E-state index in [1.54, 1.807) is 0 Å². The van der Waals surface area contributed by atoms with E-state index in [1.807, 2.05) is 0 Å². The number of aliphatic hydroxyl groups excluding tert-OH is 11. The fraction of sp³-hybridized carbons (Fsp3) is 0.892. The van der Waals surface area contributed by atoms with Crippen LogP contribution in [-0.2, 0) is 33.2 Å². The number of rotatable bonds is 67. The van der Waals surface area contributed by atoms with E-state index < -0.39 is 124 Å². The lowest BCUT2D eigenvalue weighted by Gasteiger charge is -2.48. The van der Waals surface area contributed by atoms with Gasteiger partial charge in [-0.2, -0.15) is 0 Å². The highest BCUT2D eigenvalue weighted by atomic mass is 16.8. The zero-order valence-corrected chi connectivity index (χ0v) is 64.1. The summed E-state index contributed by atoms with van der Waals surface area (Å²) in [5, 5.41) is 121. The van der Waals surface area contributed by atoms with Gasteiger partial charge in [-0.05, 0) is 51.4 Å². The average Bonchev–Trinajstić information content (AvgIpc) is 0.781. The average molecular weight is 1450 g/mol. The zero-order valence-electron chi connectivity index (χ0n) is 64.1. The molecule has 0 spiro atoms. The molecule has 0 saturated carbocycles. The zero-order chi connectivity index (χ0) is 73.9. The van der Waals surface area contributed by atoms with Crippen LogP contribution >= 0.6 is 0 Å². The van der Waals surface area contributed by atoms with Gasteiger partial charge in [0.2, 0.25) is 5.91 Å². The van der Waals surface area contributed by atoms with Gasteiger partial charge >= 0.3 is 0 Å². The summed E-state index contributed by atoms with van der Waals surface area (Å²) < 4.78 is 34.6. The summed E-state index contributed by atoms with van der Waals surface area (Å²) in [7, 11) is 0. The van der Waals surface area contributed by atoms with Crippen LogP contribution in [0.2, 0.25) is 0 Å². The summed E-state index contributed by atoms with van der Waals surface area (Å²) in [4.78, 5) is 13.5. The largest absolute Gasteiger partial charge is 0.394 e. The Bertz CT molecular complexity index is 2030. The standard InChI is InChI=1S/C83H153NO18/c1-3-5-7-9-11-13-15-17-19-21-23-25-27-29-30-31-32-33-34-35-36-37-39-41-43-45-47-49-51-53-55-57-59-61-71(89)84-66(67(88)60-58-56-54-52-50-48-46-44-42-40-38-28-26-24-22-20-18-16-14-12-10-8-6-4-2)65-97-81-77(95)74(92)79(69(63-86)99-81)102-83-78(96)75(93)80(70(64-87)100-83)101-82-76(94)73(91)72(90)68(62-85)98-82/h5,7,11,13,17,19,23,25,66-70,72-83,85-88,90-96H,3-4,6,8-10,12,14-16,18,20-22,24,26-65H2,1-2H3,(H,84,89)/b7-5-,13-11-,19-17-,25-23-. The molecule has 0 radical (unpaired) electrons. The first-order valence-electron chi connectivity index (χ1n) is 41.9. The molecule has 0 bridgehead atoms. The van der Waals surface area contributed by atoms with E-state index in [4.69, 9.17) is 28.4 Å². The van der Waals surface area contributed by atoms with E-state index in [-0.39, 0.29) is 18.9 Å². The van der Waals surface area contributed by atoms with E-state index >= 15 is 0 Å². The van der Waals surface area contributed by atoms with E-state index in [9.17, 15) is 61.0 Å². The Hall–Kier alpha value is -2.25. The summed E-state index contributed by atoms with van der Waals surface area (Å²) in [6.45, 7) is 1.74. The molecule has 19 heteroatoms. The smallest absolute Gasteiger partial charge is 0.220 e. The second-order valence-corrected chi connectivity index (χ2v) is 29.9. The Morgan fingerprint density at radius 2 is 0.676 bits per heavy atom. The summed E-state index contributed by atoms with van der Waals surface area (Å²) in [6, 6.07) is -0.888. The van der Waals surface area contributed by atoms with Crippen LogP contribution in [-0.4, -0.2) is 193 Å². The first kappa shape index (κ1) is 94.0. The number of hydrogen-bond donors (Lipinski definition) is 12. The molecule has 598 valence electrons. The molecular formula is C83H153NO18.